The highest BCUT2D eigenvalue weighted by molar-refractivity contribution is 5.82. The predicted octanol–water partition coefficient (Wildman–Crippen LogP) is 2.22. The summed E-state index contributed by atoms with van der Waals surface area (Å²) >= 11 is 0. The first-order chi connectivity index (χ1) is 8.70. The molecule has 0 saturated heterocycles. The van der Waals surface area contributed by atoms with E-state index in [2.05, 4.69) is 4.98 Å². The van der Waals surface area contributed by atoms with Crippen LogP contribution in [0.5, 0.6) is 0 Å². The minimum Gasteiger partial charge on any atom is -0.466 e. The summed E-state index contributed by atoms with van der Waals surface area (Å²) in [6.07, 6.45) is 2.58. The molecule has 1 heterocycles. The van der Waals surface area contributed by atoms with Gasteiger partial charge in [0.15, 0.2) is 0 Å². The number of aromatic nitrogens is 1. The van der Waals surface area contributed by atoms with Crippen molar-refractivity contribution in [2.24, 2.45) is 0 Å². The lowest BCUT2D eigenvalue weighted by atomic mass is 10.0. The molecule has 0 fully saturated rings. The quantitative estimate of drug-likeness (QED) is 0.839. The third kappa shape index (κ3) is 2.84. The van der Waals surface area contributed by atoms with E-state index in [1.54, 1.807) is 19.3 Å². The molecule has 2 rings (SSSR count). The maximum absolute atomic E-state index is 11.3. The Hall–Kier alpha value is -1.94. The van der Waals surface area contributed by atoms with E-state index in [1.165, 1.54) is 0 Å². The lowest BCUT2D eigenvalue weighted by Gasteiger charge is -2.11. The maximum Gasteiger partial charge on any atom is 0.308 e. The zero-order valence-electron chi connectivity index (χ0n) is 10.2. The first-order valence-corrected chi connectivity index (χ1v) is 5.88. The van der Waals surface area contributed by atoms with Crippen LogP contribution < -0.4 is 0 Å². The minimum atomic E-state index is -0.839. The molecule has 0 aliphatic rings. The van der Waals surface area contributed by atoms with Gasteiger partial charge in [-0.3, -0.25) is 9.78 Å². The Morgan fingerprint density at radius 1 is 1.39 bits per heavy atom. The van der Waals surface area contributed by atoms with Gasteiger partial charge in [0.05, 0.1) is 19.1 Å². The molecule has 1 aromatic heterocycles. The molecule has 0 radical (unpaired) electrons. The van der Waals surface area contributed by atoms with Crippen LogP contribution in [0.2, 0.25) is 0 Å². The summed E-state index contributed by atoms with van der Waals surface area (Å²) < 4.78 is 4.81. The van der Waals surface area contributed by atoms with Crippen LogP contribution in [-0.2, 0) is 9.53 Å². The van der Waals surface area contributed by atoms with Crippen LogP contribution in [0.15, 0.2) is 36.7 Å². The first kappa shape index (κ1) is 12.5. The van der Waals surface area contributed by atoms with Gasteiger partial charge in [0.2, 0.25) is 0 Å². The average molecular weight is 245 g/mol. The maximum atomic E-state index is 11.3. The van der Waals surface area contributed by atoms with Crippen LogP contribution in [0.3, 0.4) is 0 Å². The van der Waals surface area contributed by atoms with E-state index in [1.807, 2.05) is 24.3 Å². The van der Waals surface area contributed by atoms with Crippen molar-refractivity contribution in [2.45, 2.75) is 19.4 Å². The number of esters is 1. The lowest BCUT2D eigenvalue weighted by Crippen LogP contribution is -2.10. The highest BCUT2D eigenvalue weighted by Gasteiger charge is 2.14. The summed E-state index contributed by atoms with van der Waals surface area (Å²) in [5, 5.41) is 12.0. The predicted molar refractivity (Wildman–Crippen MR) is 68.0 cm³/mol. The summed E-state index contributed by atoms with van der Waals surface area (Å²) in [5.74, 6) is -0.392. The summed E-state index contributed by atoms with van der Waals surface area (Å²) in [6.45, 7) is 2.07. The number of benzene rings is 1. The van der Waals surface area contributed by atoms with Gasteiger partial charge in [-0.05, 0) is 30.0 Å². The molecular formula is C14H15NO3. The van der Waals surface area contributed by atoms with E-state index < -0.39 is 12.1 Å². The Balaban J connectivity index is 2.17. The fraction of sp³-hybridized carbons (Fsp3) is 0.286. The number of fused-ring (bicyclic) bond motifs is 1. The zero-order chi connectivity index (χ0) is 13.0. The molecule has 2 aromatic rings. The Morgan fingerprint density at radius 3 is 3.00 bits per heavy atom. The normalized spacial score (nSPS) is 12.3. The largest absolute Gasteiger partial charge is 0.466 e. The molecule has 0 unspecified atom stereocenters. The fourth-order valence-corrected chi connectivity index (χ4v) is 1.81. The molecule has 18 heavy (non-hydrogen) atoms. The molecule has 1 N–H and O–H groups in total. The van der Waals surface area contributed by atoms with Crippen molar-refractivity contribution in [3.63, 3.8) is 0 Å². The number of hydrogen-bond donors (Lipinski definition) is 1. The van der Waals surface area contributed by atoms with Gasteiger partial charge in [0.1, 0.15) is 0 Å². The summed E-state index contributed by atoms with van der Waals surface area (Å²) in [4.78, 5) is 15.3. The van der Waals surface area contributed by atoms with Crippen molar-refractivity contribution in [1.82, 2.24) is 4.98 Å². The number of carbonyl (C=O) groups excluding carboxylic acids is 1. The number of pyridine rings is 1. The van der Waals surface area contributed by atoms with Gasteiger partial charge in [0, 0.05) is 17.8 Å². The lowest BCUT2D eigenvalue weighted by molar-refractivity contribution is -0.145. The third-order valence-corrected chi connectivity index (χ3v) is 2.71. The van der Waals surface area contributed by atoms with Crippen LogP contribution >= 0.6 is 0 Å². The van der Waals surface area contributed by atoms with Gasteiger partial charge in [-0.15, -0.1) is 0 Å². The Bertz CT molecular complexity index is 553. The molecule has 4 nitrogen and oxygen atoms in total. The smallest absolute Gasteiger partial charge is 0.308 e. The molecular weight excluding hydrogens is 230 g/mol. The SMILES string of the molecule is CCOC(=O)C[C@H](O)c1ccc2ccncc2c1. The fourth-order valence-electron chi connectivity index (χ4n) is 1.81. The number of aliphatic hydroxyl groups is 1. The van der Waals surface area contributed by atoms with Crippen LogP contribution in [0.4, 0.5) is 0 Å². The number of nitrogens with zero attached hydrogens (tertiary/aromatic N) is 1. The van der Waals surface area contributed by atoms with Crippen molar-refractivity contribution in [3.8, 4) is 0 Å². The molecule has 0 amide bonds. The second kappa shape index (κ2) is 5.60. The number of carbonyl (C=O) groups is 1. The van der Waals surface area contributed by atoms with Gasteiger partial charge in [-0.2, -0.15) is 0 Å². The van der Waals surface area contributed by atoms with Crippen molar-refractivity contribution in [3.05, 3.63) is 42.2 Å². The van der Waals surface area contributed by atoms with Crippen molar-refractivity contribution >= 4 is 16.7 Å². The summed E-state index contributed by atoms with van der Waals surface area (Å²) in [7, 11) is 0. The molecule has 1 aromatic carbocycles. The van der Waals surface area contributed by atoms with Gasteiger partial charge in [-0.25, -0.2) is 0 Å². The molecule has 0 bridgehead atoms. The molecule has 0 aliphatic carbocycles. The Labute approximate surface area is 105 Å². The number of aliphatic hydroxyl groups excluding tert-OH is 1. The van der Waals surface area contributed by atoms with Crippen molar-refractivity contribution in [2.75, 3.05) is 6.61 Å². The minimum absolute atomic E-state index is 0.0282. The third-order valence-electron chi connectivity index (χ3n) is 2.71. The molecule has 4 heteroatoms. The molecule has 94 valence electrons. The van der Waals surface area contributed by atoms with Gasteiger partial charge in [-0.1, -0.05) is 12.1 Å². The highest BCUT2D eigenvalue weighted by Crippen LogP contribution is 2.22. The summed E-state index contributed by atoms with van der Waals surface area (Å²) in [5.41, 5.74) is 0.698. The number of hydrogen-bond acceptors (Lipinski definition) is 4. The van der Waals surface area contributed by atoms with Crippen LogP contribution in [0.1, 0.15) is 25.0 Å². The van der Waals surface area contributed by atoms with Crippen LogP contribution in [0.25, 0.3) is 10.8 Å². The second-order valence-electron chi connectivity index (χ2n) is 4.01. The van der Waals surface area contributed by atoms with E-state index in [0.717, 1.165) is 10.8 Å². The highest BCUT2D eigenvalue weighted by atomic mass is 16.5. The topological polar surface area (TPSA) is 59.4 Å². The van der Waals surface area contributed by atoms with E-state index in [9.17, 15) is 9.90 Å². The zero-order valence-corrected chi connectivity index (χ0v) is 10.2. The number of rotatable bonds is 4. The van der Waals surface area contributed by atoms with E-state index in [4.69, 9.17) is 4.74 Å². The van der Waals surface area contributed by atoms with Gasteiger partial charge in [0.25, 0.3) is 0 Å². The van der Waals surface area contributed by atoms with Crippen LogP contribution in [0, 0.1) is 0 Å². The Kier molecular flexibility index (Phi) is 3.89. The molecule has 1 atom stereocenters. The average Bonchev–Trinajstić information content (AvgIpc) is 2.38. The van der Waals surface area contributed by atoms with Crippen molar-refractivity contribution in [1.29, 1.82) is 0 Å². The first-order valence-electron chi connectivity index (χ1n) is 5.88. The van der Waals surface area contributed by atoms with E-state index >= 15 is 0 Å². The standard InChI is InChI=1S/C14H15NO3/c1-2-18-14(17)8-13(16)11-4-3-10-5-6-15-9-12(10)7-11/h3-7,9,13,16H,2,8H2,1H3/t13-/m0/s1. The second-order valence-corrected chi connectivity index (χ2v) is 4.01. The number of ether oxygens (including phenoxy) is 1. The van der Waals surface area contributed by atoms with Crippen molar-refractivity contribution < 1.29 is 14.6 Å². The van der Waals surface area contributed by atoms with Gasteiger partial charge < -0.3 is 9.84 Å². The van der Waals surface area contributed by atoms with Gasteiger partial charge >= 0.3 is 5.97 Å². The monoisotopic (exact) mass is 245 g/mol. The molecule has 0 spiro atoms. The van der Waals surface area contributed by atoms with Crippen LogP contribution in [-0.4, -0.2) is 22.7 Å². The molecule has 0 saturated carbocycles. The van der Waals surface area contributed by atoms with E-state index in [-0.39, 0.29) is 6.42 Å². The molecule has 0 aliphatic heterocycles. The summed E-state index contributed by atoms with van der Waals surface area (Å²) in [6, 6.07) is 7.45. The Morgan fingerprint density at radius 2 is 2.22 bits per heavy atom. The van der Waals surface area contributed by atoms with E-state index in [0.29, 0.717) is 12.2 Å².